The predicted octanol–water partition coefficient (Wildman–Crippen LogP) is 4.06. The second kappa shape index (κ2) is 4.35. The van der Waals surface area contributed by atoms with E-state index < -0.39 is 0 Å². The van der Waals surface area contributed by atoms with Crippen molar-refractivity contribution in [1.82, 2.24) is 5.16 Å². The minimum absolute atomic E-state index is 0.311. The molecule has 0 spiro atoms. The van der Waals surface area contributed by atoms with E-state index >= 15 is 0 Å². The topological polar surface area (TPSA) is 52.0 Å². The summed E-state index contributed by atoms with van der Waals surface area (Å²) in [6, 6.07) is 0. The minimum Gasteiger partial charge on any atom is -0.367 e. The van der Waals surface area contributed by atoms with Crippen molar-refractivity contribution in [1.29, 1.82) is 0 Å². The van der Waals surface area contributed by atoms with Gasteiger partial charge in [-0.15, -0.1) is 0 Å². The molecule has 3 nitrogen and oxygen atoms in total. The Morgan fingerprint density at radius 2 is 2.06 bits per heavy atom. The number of aromatic nitrogens is 1. The highest BCUT2D eigenvalue weighted by atomic mass is 16.5. The number of rotatable bonds is 2. The van der Waals surface area contributed by atoms with Gasteiger partial charge in [-0.25, -0.2) is 0 Å². The molecule has 1 saturated carbocycles. The van der Waals surface area contributed by atoms with E-state index in [0.717, 1.165) is 11.3 Å². The van der Waals surface area contributed by atoms with Gasteiger partial charge in [0.25, 0.3) is 0 Å². The SMILES string of the molecule is CC(C)c1c(C2CCCCC2(C)C)noc1N. The molecule has 1 aromatic heterocycles. The van der Waals surface area contributed by atoms with Gasteiger partial charge in [-0.3, -0.25) is 0 Å². The van der Waals surface area contributed by atoms with Crippen molar-refractivity contribution < 1.29 is 4.52 Å². The molecule has 2 rings (SSSR count). The lowest BCUT2D eigenvalue weighted by Gasteiger charge is -2.38. The first kappa shape index (κ1) is 12.5. The fourth-order valence-corrected chi connectivity index (χ4v) is 3.16. The monoisotopic (exact) mass is 236 g/mol. The molecular weight excluding hydrogens is 212 g/mol. The van der Waals surface area contributed by atoms with Gasteiger partial charge in [0, 0.05) is 11.5 Å². The van der Waals surface area contributed by atoms with Gasteiger partial charge in [0.15, 0.2) is 0 Å². The zero-order chi connectivity index (χ0) is 12.6. The maximum atomic E-state index is 5.91. The zero-order valence-electron chi connectivity index (χ0n) is 11.4. The molecule has 96 valence electrons. The molecule has 1 aliphatic carbocycles. The predicted molar refractivity (Wildman–Crippen MR) is 70.0 cm³/mol. The highest BCUT2D eigenvalue weighted by molar-refractivity contribution is 5.43. The first-order chi connectivity index (χ1) is 7.93. The Morgan fingerprint density at radius 3 is 2.65 bits per heavy atom. The van der Waals surface area contributed by atoms with Gasteiger partial charge >= 0.3 is 0 Å². The van der Waals surface area contributed by atoms with Crippen molar-refractivity contribution in [2.24, 2.45) is 5.41 Å². The molecule has 1 unspecified atom stereocenters. The summed E-state index contributed by atoms with van der Waals surface area (Å²) in [5.74, 6) is 1.39. The largest absolute Gasteiger partial charge is 0.367 e. The van der Waals surface area contributed by atoms with E-state index in [-0.39, 0.29) is 0 Å². The van der Waals surface area contributed by atoms with Crippen molar-refractivity contribution in [2.75, 3.05) is 5.73 Å². The molecule has 2 N–H and O–H groups in total. The smallest absolute Gasteiger partial charge is 0.225 e. The van der Waals surface area contributed by atoms with Crippen molar-refractivity contribution in [3.8, 4) is 0 Å². The summed E-state index contributed by atoms with van der Waals surface area (Å²) < 4.78 is 5.23. The molecule has 17 heavy (non-hydrogen) atoms. The summed E-state index contributed by atoms with van der Waals surface area (Å²) >= 11 is 0. The van der Waals surface area contributed by atoms with Gasteiger partial charge in [-0.05, 0) is 24.2 Å². The Balaban J connectivity index is 2.39. The highest BCUT2D eigenvalue weighted by Crippen LogP contribution is 2.48. The Hall–Kier alpha value is -0.990. The van der Waals surface area contributed by atoms with Crippen LogP contribution in [0.4, 0.5) is 5.88 Å². The van der Waals surface area contributed by atoms with Crippen LogP contribution < -0.4 is 5.73 Å². The van der Waals surface area contributed by atoms with E-state index in [0.29, 0.717) is 23.1 Å². The minimum atomic E-state index is 0.311. The van der Waals surface area contributed by atoms with Crippen LogP contribution in [0.5, 0.6) is 0 Å². The summed E-state index contributed by atoms with van der Waals surface area (Å²) in [5.41, 5.74) is 8.46. The van der Waals surface area contributed by atoms with Gasteiger partial charge in [0.05, 0.1) is 5.69 Å². The molecule has 1 fully saturated rings. The number of nitrogen functional groups attached to an aromatic ring is 1. The second-order valence-electron chi connectivity index (χ2n) is 6.29. The first-order valence-electron chi connectivity index (χ1n) is 6.68. The Morgan fingerprint density at radius 1 is 1.35 bits per heavy atom. The van der Waals surface area contributed by atoms with E-state index in [1.165, 1.54) is 25.7 Å². The average molecular weight is 236 g/mol. The number of hydrogen-bond acceptors (Lipinski definition) is 3. The summed E-state index contributed by atoms with van der Waals surface area (Å²) in [7, 11) is 0. The molecule has 1 heterocycles. The molecule has 1 atom stereocenters. The van der Waals surface area contributed by atoms with E-state index in [9.17, 15) is 0 Å². The first-order valence-corrected chi connectivity index (χ1v) is 6.68. The molecule has 0 saturated heterocycles. The quantitative estimate of drug-likeness (QED) is 0.842. The van der Waals surface area contributed by atoms with Gasteiger partial charge in [-0.1, -0.05) is 45.7 Å². The third-order valence-corrected chi connectivity index (χ3v) is 4.20. The lowest BCUT2D eigenvalue weighted by atomic mass is 9.66. The average Bonchev–Trinajstić information content (AvgIpc) is 2.59. The molecule has 3 heteroatoms. The normalized spacial score (nSPS) is 24.2. The van der Waals surface area contributed by atoms with Crippen LogP contribution >= 0.6 is 0 Å². The third-order valence-electron chi connectivity index (χ3n) is 4.20. The summed E-state index contributed by atoms with van der Waals surface area (Å²) in [4.78, 5) is 0. The van der Waals surface area contributed by atoms with Crippen LogP contribution in [0.3, 0.4) is 0 Å². The van der Waals surface area contributed by atoms with Crippen LogP contribution in [0.25, 0.3) is 0 Å². The standard InChI is InChI=1S/C14H24N2O/c1-9(2)11-12(16-17-13(11)15)10-7-5-6-8-14(10,3)4/h9-10H,5-8,15H2,1-4H3. The molecule has 0 amide bonds. The number of anilines is 1. The molecule has 1 aromatic rings. The number of nitrogens with zero attached hydrogens (tertiary/aromatic N) is 1. The van der Waals surface area contributed by atoms with Crippen LogP contribution in [0.1, 0.15) is 76.5 Å². The van der Waals surface area contributed by atoms with Gasteiger partial charge in [0.1, 0.15) is 0 Å². The fourth-order valence-electron chi connectivity index (χ4n) is 3.16. The highest BCUT2D eigenvalue weighted by Gasteiger charge is 2.37. The molecule has 0 aliphatic heterocycles. The van der Waals surface area contributed by atoms with E-state index in [4.69, 9.17) is 10.3 Å². The van der Waals surface area contributed by atoms with Gasteiger partial charge < -0.3 is 10.3 Å². The molecule has 0 bridgehead atoms. The lowest BCUT2D eigenvalue weighted by Crippen LogP contribution is -2.27. The van der Waals surface area contributed by atoms with Gasteiger partial charge in [0.2, 0.25) is 5.88 Å². The van der Waals surface area contributed by atoms with E-state index in [2.05, 4.69) is 32.9 Å². The number of hydrogen-bond donors (Lipinski definition) is 1. The van der Waals surface area contributed by atoms with Crippen molar-refractivity contribution in [2.45, 2.75) is 65.2 Å². The van der Waals surface area contributed by atoms with Crippen molar-refractivity contribution in [3.05, 3.63) is 11.3 Å². The maximum Gasteiger partial charge on any atom is 0.225 e. The molecule has 1 aliphatic rings. The van der Waals surface area contributed by atoms with Crippen LogP contribution in [0.15, 0.2) is 4.52 Å². The van der Waals surface area contributed by atoms with E-state index in [1.54, 1.807) is 0 Å². The Kier molecular flexibility index (Phi) is 3.19. The van der Waals surface area contributed by atoms with Crippen LogP contribution in [-0.2, 0) is 0 Å². The van der Waals surface area contributed by atoms with E-state index in [1.807, 2.05) is 0 Å². The van der Waals surface area contributed by atoms with Crippen molar-refractivity contribution in [3.63, 3.8) is 0 Å². The molecule has 0 aromatic carbocycles. The zero-order valence-corrected chi connectivity index (χ0v) is 11.4. The lowest BCUT2D eigenvalue weighted by molar-refractivity contribution is 0.191. The molecular formula is C14H24N2O. The van der Waals surface area contributed by atoms with Crippen LogP contribution in [-0.4, -0.2) is 5.16 Å². The Bertz CT molecular complexity index is 393. The van der Waals surface area contributed by atoms with Crippen molar-refractivity contribution >= 4 is 5.88 Å². The summed E-state index contributed by atoms with van der Waals surface area (Å²) in [6.45, 7) is 8.99. The second-order valence-corrected chi connectivity index (χ2v) is 6.29. The summed E-state index contributed by atoms with van der Waals surface area (Å²) in [6.07, 6.45) is 5.09. The fraction of sp³-hybridized carbons (Fsp3) is 0.786. The maximum absolute atomic E-state index is 5.91. The van der Waals surface area contributed by atoms with Crippen LogP contribution in [0.2, 0.25) is 0 Å². The van der Waals surface area contributed by atoms with Crippen LogP contribution in [0, 0.1) is 5.41 Å². The van der Waals surface area contributed by atoms with Gasteiger partial charge in [-0.2, -0.15) is 0 Å². The molecule has 0 radical (unpaired) electrons. The number of nitrogens with two attached hydrogens (primary N) is 1. The third kappa shape index (κ3) is 2.20. The Labute approximate surface area is 104 Å². The summed E-state index contributed by atoms with van der Waals surface area (Å²) in [5, 5.41) is 4.26.